The summed E-state index contributed by atoms with van der Waals surface area (Å²) < 4.78 is 0. The minimum absolute atomic E-state index is 0.0144. The van der Waals surface area contributed by atoms with Crippen molar-refractivity contribution in [1.82, 2.24) is 0 Å². The first-order valence-corrected chi connectivity index (χ1v) is 25.0. The average Bonchev–Trinajstić information content (AvgIpc) is 3.25. The molecule has 2 heterocycles. The second kappa shape index (κ2) is 16.3. The third-order valence-corrected chi connectivity index (χ3v) is 14.6. The second-order valence-electron chi connectivity index (χ2n) is 25.1. The standard InChI is InChI=1S/C64H74BN3/c1-41-18-33-54(42(2)36-41)66(48-27-19-43(20-28-48)60(3,4)5)51-39-57-59-58(40-51)68(50-31-23-45(24-32-50)62(9,10)11)56-35-26-47(64(15,16)17)38-53(56)65(59)52-37-46(63(12,13)14)25-34-55(52)67(57)49-29-21-44(22-30-49)61(6,7)8/h18-40H,1-17H3. The number of hydrogen-bond donors (Lipinski definition) is 0. The lowest BCUT2D eigenvalue weighted by molar-refractivity contribution is 0.590. The first kappa shape index (κ1) is 47.1. The molecule has 0 radical (unpaired) electrons. The molecule has 9 rings (SSSR count). The Bertz CT molecular complexity index is 2880. The van der Waals surface area contributed by atoms with Crippen LogP contribution in [0.15, 0.2) is 140 Å². The summed E-state index contributed by atoms with van der Waals surface area (Å²) in [6.45, 7) is 39.2. The van der Waals surface area contributed by atoms with E-state index in [9.17, 15) is 0 Å². The highest BCUT2D eigenvalue weighted by Crippen LogP contribution is 2.49. The molecule has 0 aliphatic carbocycles. The van der Waals surface area contributed by atoms with Crippen LogP contribution in [0.2, 0.25) is 0 Å². The highest BCUT2D eigenvalue weighted by Gasteiger charge is 2.45. The molecule has 0 N–H and O–H groups in total. The normalized spacial score (nSPS) is 13.9. The van der Waals surface area contributed by atoms with E-state index in [2.05, 4.69) is 272 Å². The van der Waals surface area contributed by atoms with Crippen LogP contribution >= 0.6 is 0 Å². The molecular weight excluding hydrogens is 822 g/mol. The number of benzene rings is 7. The first-order chi connectivity index (χ1) is 31.7. The summed E-state index contributed by atoms with van der Waals surface area (Å²) in [4.78, 5) is 7.66. The molecule has 0 amide bonds. The summed E-state index contributed by atoms with van der Waals surface area (Å²) in [6.07, 6.45) is 0. The Hall–Kier alpha value is -6.00. The smallest absolute Gasteiger partial charge is 0.252 e. The minimum atomic E-state index is -0.0400. The summed E-state index contributed by atoms with van der Waals surface area (Å²) in [6, 6.07) is 54.6. The van der Waals surface area contributed by atoms with Gasteiger partial charge in [0.1, 0.15) is 0 Å². The Balaban J connectivity index is 1.43. The Morgan fingerprint density at radius 2 is 0.721 bits per heavy atom. The van der Waals surface area contributed by atoms with Crippen molar-refractivity contribution in [3.63, 3.8) is 0 Å². The molecule has 348 valence electrons. The van der Waals surface area contributed by atoms with Gasteiger partial charge in [-0.3, -0.25) is 0 Å². The second-order valence-corrected chi connectivity index (χ2v) is 25.1. The van der Waals surface area contributed by atoms with Gasteiger partial charge < -0.3 is 14.7 Å². The molecule has 0 atom stereocenters. The van der Waals surface area contributed by atoms with Gasteiger partial charge >= 0.3 is 0 Å². The van der Waals surface area contributed by atoms with E-state index in [1.807, 2.05) is 0 Å². The van der Waals surface area contributed by atoms with Crippen LogP contribution in [0.4, 0.5) is 51.2 Å². The molecule has 0 saturated carbocycles. The van der Waals surface area contributed by atoms with Crippen molar-refractivity contribution in [1.29, 1.82) is 0 Å². The van der Waals surface area contributed by atoms with Crippen molar-refractivity contribution in [2.24, 2.45) is 0 Å². The summed E-state index contributed by atoms with van der Waals surface area (Å²) in [5, 5.41) is 0. The van der Waals surface area contributed by atoms with Crippen LogP contribution in [0.3, 0.4) is 0 Å². The number of aryl methyl sites for hydroxylation is 2. The van der Waals surface area contributed by atoms with Crippen LogP contribution in [0.1, 0.15) is 143 Å². The molecular formula is C64H74BN3. The monoisotopic (exact) mass is 896 g/mol. The largest absolute Gasteiger partial charge is 0.311 e. The van der Waals surface area contributed by atoms with Gasteiger partial charge in [-0.25, -0.2) is 0 Å². The van der Waals surface area contributed by atoms with Crippen molar-refractivity contribution in [2.45, 2.75) is 145 Å². The van der Waals surface area contributed by atoms with Gasteiger partial charge in [-0.15, -0.1) is 0 Å². The van der Waals surface area contributed by atoms with Gasteiger partial charge in [0.05, 0.1) is 5.69 Å². The fourth-order valence-electron chi connectivity index (χ4n) is 10.4. The Labute approximate surface area is 410 Å². The topological polar surface area (TPSA) is 9.72 Å². The van der Waals surface area contributed by atoms with Crippen molar-refractivity contribution in [2.75, 3.05) is 14.7 Å². The zero-order chi connectivity index (χ0) is 49.0. The highest BCUT2D eigenvalue weighted by atomic mass is 15.2. The van der Waals surface area contributed by atoms with E-state index in [0.29, 0.717) is 0 Å². The number of fused-ring (bicyclic) bond motifs is 4. The number of nitrogens with zero attached hydrogens (tertiary/aromatic N) is 3. The van der Waals surface area contributed by atoms with Crippen LogP contribution in [0.25, 0.3) is 0 Å². The Morgan fingerprint density at radius 1 is 0.353 bits per heavy atom. The number of hydrogen-bond acceptors (Lipinski definition) is 3. The summed E-state index contributed by atoms with van der Waals surface area (Å²) in [7, 11) is 0. The molecule has 0 saturated heterocycles. The van der Waals surface area contributed by atoms with Gasteiger partial charge in [0.25, 0.3) is 6.71 Å². The molecule has 0 unspecified atom stereocenters. The predicted octanol–water partition coefficient (Wildman–Crippen LogP) is 16.3. The van der Waals surface area contributed by atoms with E-state index < -0.39 is 0 Å². The molecule has 0 aromatic heterocycles. The molecule has 7 aromatic rings. The quantitative estimate of drug-likeness (QED) is 0.159. The molecule has 3 nitrogen and oxygen atoms in total. The lowest BCUT2D eigenvalue weighted by Gasteiger charge is -2.45. The Morgan fingerprint density at radius 3 is 1.09 bits per heavy atom. The van der Waals surface area contributed by atoms with Gasteiger partial charge in [-0.2, -0.15) is 0 Å². The zero-order valence-electron chi connectivity index (χ0n) is 44.2. The summed E-state index contributed by atoms with van der Waals surface area (Å²) in [5.74, 6) is 0. The highest BCUT2D eigenvalue weighted by molar-refractivity contribution is 7.00. The molecule has 68 heavy (non-hydrogen) atoms. The molecule has 0 spiro atoms. The molecule has 4 heteroatoms. The van der Waals surface area contributed by atoms with E-state index in [0.717, 1.165) is 22.7 Å². The maximum Gasteiger partial charge on any atom is 0.252 e. The van der Waals surface area contributed by atoms with Crippen molar-refractivity contribution in [3.8, 4) is 0 Å². The van der Waals surface area contributed by atoms with Crippen LogP contribution < -0.4 is 31.1 Å². The van der Waals surface area contributed by atoms with Gasteiger partial charge in [0, 0.05) is 45.5 Å². The third kappa shape index (κ3) is 8.47. The molecule has 7 aromatic carbocycles. The lowest BCUT2D eigenvalue weighted by atomic mass is 9.33. The molecule has 2 aliphatic rings. The SMILES string of the molecule is Cc1ccc(N(c2ccc(C(C)(C)C)cc2)c2cc3c4c(c2)N(c2ccc(C(C)(C)C)cc2)c2ccc(C(C)(C)C)cc2B4c2cc(C(C)(C)C)ccc2N3c2ccc(C(C)(C)C)cc2)c(C)c1. The van der Waals surface area contributed by atoms with Gasteiger partial charge in [-0.05, 0) is 157 Å². The summed E-state index contributed by atoms with van der Waals surface area (Å²) in [5.41, 5.74) is 23.7. The van der Waals surface area contributed by atoms with Crippen LogP contribution in [-0.2, 0) is 27.1 Å². The van der Waals surface area contributed by atoms with E-state index >= 15 is 0 Å². The number of anilines is 9. The molecule has 0 fully saturated rings. The van der Waals surface area contributed by atoms with Gasteiger partial charge in [-0.1, -0.05) is 182 Å². The van der Waals surface area contributed by atoms with E-state index in [-0.39, 0.29) is 33.8 Å². The summed E-state index contributed by atoms with van der Waals surface area (Å²) >= 11 is 0. The fraction of sp³-hybridized carbons (Fsp3) is 0.344. The molecule has 0 bridgehead atoms. The Kier molecular flexibility index (Phi) is 11.3. The van der Waals surface area contributed by atoms with Gasteiger partial charge in [0.15, 0.2) is 0 Å². The van der Waals surface area contributed by atoms with Crippen molar-refractivity contribution < 1.29 is 0 Å². The minimum Gasteiger partial charge on any atom is -0.311 e. The number of rotatable bonds is 5. The van der Waals surface area contributed by atoms with E-state index in [1.165, 1.54) is 83.8 Å². The lowest BCUT2D eigenvalue weighted by Crippen LogP contribution is -2.61. The van der Waals surface area contributed by atoms with Crippen LogP contribution in [-0.4, -0.2) is 6.71 Å². The van der Waals surface area contributed by atoms with E-state index in [1.54, 1.807) is 0 Å². The third-order valence-electron chi connectivity index (χ3n) is 14.6. The van der Waals surface area contributed by atoms with Crippen molar-refractivity contribution >= 4 is 74.3 Å². The average molecular weight is 896 g/mol. The van der Waals surface area contributed by atoms with E-state index in [4.69, 9.17) is 0 Å². The fourth-order valence-corrected chi connectivity index (χ4v) is 10.4. The van der Waals surface area contributed by atoms with Gasteiger partial charge in [0.2, 0.25) is 0 Å². The van der Waals surface area contributed by atoms with Crippen LogP contribution in [0.5, 0.6) is 0 Å². The van der Waals surface area contributed by atoms with Crippen molar-refractivity contribution in [3.05, 3.63) is 178 Å². The first-order valence-electron chi connectivity index (χ1n) is 25.0. The van der Waals surface area contributed by atoms with Crippen LogP contribution in [0, 0.1) is 13.8 Å². The zero-order valence-corrected chi connectivity index (χ0v) is 44.2. The molecule has 2 aliphatic heterocycles. The maximum atomic E-state index is 2.58. The predicted molar refractivity (Wildman–Crippen MR) is 298 cm³/mol. The maximum absolute atomic E-state index is 2.58.